The van der Waals surface area contributed by atoms with E-state index in [1.165, 1.54) is 18.4 Å². The maximum absolute atomic E-state index is 6.13. The topological polar surface area (TPSA) is 49.3 Å². The number of aliphatic imine (C=N–C) groups is 1. The van der Waals surface area contributed by atoms with E-state index in [-0.39, 0.29) is 0 Å². The lowest BCUT2D eigenvalue weighted by molar-refractivity contribution is 0.349. The number of rotatable bonds is 6. The first-order valence-electron chi connectivity index (χ1n) is 11.5. The van der Waals surface area contributed by atoms with Gasteiger partial charge in [-0.25, -0.2) is 0 Å². The molecule has 0 bridgehead atoms. The van der Waals surface area contributed by atoms with Gasteiger partial charge in [-0.2, -0.15) is 0 Å². The van der Waals surface area contributed by atoms with Gasteiger partial charge in [0.25, 0.3) is 0 Å². The van der Waals surface area contributed by atoms with Gasteiger partial charge < -0.3 is 18.9 Å². The number of methoxy groups -OCH3 is 3. The van der Waals surface area contributed by atoms with E-state index in [4.69, 9.17) is 23.9 Å². The molecule has 3 aromatic carbocycles. The van der Waals surface area contributed by atoms with E-state index in [1.807, 2.05) is 36.4 Å². The zero-order valence-corrected chi connectivity index (χ0v) is 19.3. The van der Waals surface area contributed by atoms with Crippen LogP contribution < -0.4 is 18.9 Å². The van der Waals surface area contributed by atoms with Crippen LogP contribution in [-0.4, -0.2) is 33.1 Å². The monoisotopic (exact) mass is 443 g/mol. The molecule has 33 heavy (non-hydrogen) atoms. The highest BCUT2D eigenvalue weighted by Crippen LogP contribution is 2.45. The summed E-state index contributed by atoms with van der Waals surface area (Å²) in [5.41, 5.74) is 4.47. The molecule has 0 saturated heterocycles. The maximum atomic E-state index is 6.13. The van der Waals surface area contributed by atoms with Crippen LogP contribution >= 0.6 is 0 Å². The number of fused-ring (bicyclic) bond motifs is 3. The maximum Gasteiger partial charge on any atom is 0.161 e. The van der Waals surface area contributed by atoms with Crippen LogP contribution in [0.3, 0.4) is 0 Å². The second-order valence-electron chi connectivity index (χ2n) is 8.54. The van der Waals surface area contributed by atoms with Crippen molar-refractivity contribution in [1.29, 1.82) is 0 Å². The summed E-state index contributed by atoms with van der Waals surface area (Å²) in [5, 5.41) is 0. The minimum atomic E-state index is 0.297. The van der Waals surface area contributed by atoms with Crippen molar-refractivity contribution in [2.75, 3.05) is 21.3 Å². The smallest absolute Gasteiger partial charge is 0.161 e. The van der Waals surface area contributed by atoms with Crippen molar-refractivity contribution in [3.05, 3.63) is 77.4 Å². The van der Waals surface area contributed by atoms with Gasteiger partial charge in [-0.05, 0) is 66.9 Å². The number of ether oxygens (including phenoxy) is 4. The van der Waals surface area contributed by atoms with Crippen LogP contribution in [0.5, 0.6) is 28.7 Å². The van der Waals surface area contributed by atoms with Crippen LogP contribution in [0.1, 0.15) is 48.3 Å². The third-order valence-electron chi connectivity index (χ3n) is 6.64. The van der Waals surface area contributed by atoms with Crippen molar-refractivity contribution < 1.29 is 18.9 Å². The molecule has 2 atom stereocenters. The van der Waals surface area contributed by atoms with Gasteiger partial charge in [0.2, 0.25) is 0 Å². The minimum absolute atomic E-state index is 0.297. The highest BCUT2D eigenvalue weighted by molar-refractivity contribution is 6.15. The summed E-state index contributed by atoms with van der Waals surface area (Å²) < 4.78 is 22.6. The molecule has 5 nitrogen and oxygen atoms in total. The Balaban J connectivity index is 1.54. The Bertz CT molecular complexity index is 1170. The molecule has 1 aliphatic carbocycles. The zero-order chi connectivity index (χ0) is 22.8. The SMILES string of the molecule is COc1ccc(Oc2cccc(C3=NC4CCCCC4c4cc(OC)c(OC)cc43)c2)cc1. The molecule has 3 aromatic rings. The largest absolute Gasteiger partial charge is 0.497 e. The number of hydrogen-bond donors (Lipinski definition) is 0. The lowest BCUT2D eigenvalue weighted by Gasteiger charge is -2.35. The van der Waals surface area contributed by atoms with Gasteiger partial charge in [-0.3, -0.25) is 4.99 Å². The van der Waals surface area contributed by atoms with Crippen LogP contribution in [0.4, 0.5) is 0 Å². The quantitative estimate of drug-likeness (QED) is 0.443. The Morgan fingerprint density at radius 1 is 0.727 bits per heavy atom. The molecule has 0 radical (unpaired) electrons. The van der Waals surface area contributed by atoms with E-state index in [0.717, 1.165) is 58.4 Å². The summed E-state index contributed by atoms with van der Waals surface area (Å²) in [6.45, 7) is 0. The predicted molar refractivity (Wildman–Crippen MR) is 130 cm³/mol. The molecule has 0 amide bonds. The highest BCUT2D eigenvalue weighted by atomic mass is 16.5. The molecule has 0 aromatic heterocycles. The molecule has 1 saturated carbocycles. The fourth-order valence-corrected chi connectivity index (χ4v) is 4.99. The summed E-state index contributed by atoms with van der Waals surface area (Å²) in [6.07, 6.45) is 4.74. The molecule has 0 N–H and O–H groups in total. The summed E-state index contributed by atoms with van der Waals surface area (Å²) in [7, 11) is 5.03. The normalized spacial score (nSPS) is 19.1. The second kappa shape index (κ2) is 9.18. The van der Waals surface area contributed by atoms with Gasteiger partial charge in [0.15, 0.2) is 11.5 Å². The van der Waals surface area contributed by atoms with E-state index in [2.05, 4.69) is 24.3 Å². The standard InChI is InChI=1S/C28H29NO4/c1-30-19-11-13-20(14-12-19)33-21-8-6-7-18(15-21)28-24-17-27(32-3)26(31-2)16-23(24)22-9-4-5-10-25(22)29-28/h6-8,11-17,22,25H,4-5,9-10H2,1-3H3. The third kappa shape index (κ3) is 4.15. The van der Waals surface area contributed by atoms with Crippen molar-refractivity contribution in [3.63, 3.8) is 0 Å². The first-order valence-corrected chi connectivity index (χ1v) is 11.5. The summed E-state index contributed by atoms with van der Waals surface area (Å²) >= 11 is 0. The molecular weight excluding hydrogens is 414 g/mol. The Hall–Kier alpha value is -3.47. The Kier molecular flexibility index (Phi) is 5.95. The van der Waals surface area contributed by atoms with E-state index >= 15 is 0 Å². The zero-order valence-electron chi connectivity index (χ0n) is 19.3. The summed E-state index contributed by atoms with van der Waals surface area (Å²) in [4.78, 5) is 5.27. The van der Waals surface area contributed by atoms with Gasteiger partial charge in [-0.15, -0.1) is 0 Å². The van der Waals surface area contributed by atoms with E-state index in [1.54, 1.807) is 21.3 Å². The van der Waals surface area contributed by atoms with Gasteiger partial charge in [-0.1, -0.05) is 25.0 Å². The average molecular weight is 444 g/mol. The Morgan fingerprint density at radius 2 is 1.45 bits per heavy atom. The Morgan fingerprint density at radius 3 is 2.21 bits per heavy atom. The van der Waals surface area contributed by atoms with Crippen molar-refractivity contribution in [3.8, 4) is 28.7 Å². The van der Waals surface area contributed by atoms with Crippen LogP contribution in [-0.2, 0) is 0 Å². The number of nitrogens with zero attached hydrogens (tertiary/aromatic N) is 1. The van der Waals surface area contributed by atoms with E-state index in [9.17, 15) is 0 Å². The fraction of sp³-hybridized carbons (Fsp3) is 0.321. The second-order valence-corrected chi connectivity index (χ2v) is 8.54. The fourth-order valence-electron chi connectivity index (χ4n) is 4.99. The first kappa shape index (κ1) is 21.4. The Labute approximate surface area is 195 Å². The minimum Gasteiger partial charge on any atom is -0.497 e. The molecular formula is C28H29NO4. The van der Waals surface area contributed by atoms with Crippen LogP contribution in [0.2, 0.25) is 0 Å². The van der Waals surface area contributed by atoms with Gasteiger partial charge >= 0.3 is 0 Å². The van der Waals surface area contributed by atoms with Crippen LogP contribution in [0, 0.1) is 0 Å². The summed E-state index contributed by atoms with van der Waals surface area (Å²) in [6, 6.07) is 20.3. The molecule has 1 aliphatic heterocycles. The van der Waals surface area contributed by atoms with Crippen LogP contribution in [0.15, 0.2) is 65.7 Å². The molecule has 1 heterocycles. The molecule has 5 heteroatoms. The van der Waals surface area contributed by atoms with Crippen molar-refractivity contribution >= 4 is 5.71 Å². The number of hydrogen-bond acceptors (Lipinski definition) is 5. The lowest BCUT2D eigenvalue weighted by atomic mass is 9.75. The van der Waals surface area contributed by atoms with Crippen molar-refractivity contribution in [2.45, 2.75) is 37.6 Å². The molecule has 5 rings (SSSR count). The van der Waals surface area contributed by atoms with E-state index in [0.29, 0.717) is 12.0 Å². The van der Waals surface area contributed by atoms with E-state index < -0.39 is 0 Å². The van der Waals surface area contributed by atoms with Crippen LogP contribution in [0.25, 0.3) is 0 Å². The average Bonchev–Trinajstić information content (AvgIpc) is 2.88. The lowest BCUT2D eigenvalue weighted by Crippen LogP contribution is -2.29. The van der Waals surface area contributed by atoms with Crippen molar-refractivity contribution in [1.82, 2.24) is 0 Å². The molecule has 2 unspecified atom stereocenters. The number of benzene rings is 3. The molecule has 2 aliphatic rings. The molecule has 0 spiro atoms. The molecule has 170 valence electrons. The van der Waals surface area contributed by atoms with Gasteiger partial charge in [0, 0.05) is 17.0 Å². The third-order valence-corrected chi connectivity index (χ3v) is 6.64. The first-order chi connectivity index (χ1) is 16.2. The highest BCUT2D eigenvalue weighted by Gasteiger charge is 2.34. The summed E-state index contributed by atoms with van der Waals surface area (Å²) in [5.74, 6) is 4.26. The van der Waals surface area contributed by atoms with Crippen molar-refractivity contribution in [2.24, 2.45) is 4.99 Å². The van der Waals surface area contributed by atoms with Gasteiger partial charge in [0.1, 0.15) is 17.2 Å². The van der Waals surface area contributed by atoms with Gasteiger partial charge in [0.05, 0.1) is 33.1 Å². The molecule has 1 fully saturated rings. The predicted octanol–water partition coefficient (Wildman–Crippen LogP) is 6.38.